The van der Waals surface area contributed by atoms with Crippen LogP contribution in [0.15, 0.2) is 53.7 Å². The average molecular weight is 450 g/mol. The average Bonchev–Trinajstić information content (AvgIpc) is 2.95. The second kappa shape index (κ2) is 9.56. The van der Waals surface area contributed by atoms with E-state index in [-0.39, 0.29) is 5.91 Å². The molecular weight excluding hydrogens is 422 g/mol. The van der Waals surface area contributed by atoms with Crippen LogP contribution in [0.5, 0.6) is 5.88 Å². The van der Waals surface area contributed by atoms with E-state index in [2.05, 4.69) is 46.1 Å². The van der Waals surface area contributed by atoms with Crippen molar-refractivity contribution in [2.75, 3.05) is 28.6 Å². The summed E-state index contributed by atoms with van der Waals surface area (Å²) >= 11 is 1.50. The molecule has 1 amide bonds. The van der Waals surface area contributed by atoms with E-state index in [1.165, 1.54) is 11.8 Å². The van der Waals surface area contributed by atoms with Crippen molar-refractivity contribution < 1.29 is 9.53 Å². The fraction of sp³-hybridized carbons (Fsp3) is 0.333. The first kappa shape index (κ1) is 22.1. The molecule has 1 aliphatic rings. The van der Waals surface area contributed by atoms with Crippen molar-refractivity contribution in [2.45, 2.75) is 39.1 Å². The molecule has 8 heteroatoms. The highest BCUT2D eigenvalue weighted by Crippen LogP contribution is 2.43. The quantitative estimate of drug-likeness (QED) is 0.494. The Kier molecular flexibility index (Phi) is 6.60. The van der Waals surface area contributed by atoms with Crippen LogP contribution >= 0.6 is 11.8 Å². The van der Waals surface area contributed by atoms with Gasteiger partial charge in [-0.05, 0) is 37.8 Å². The number of para-hydroxylation sites is 1. The molecule has 2 heterocycles. The number of rotatable bonds is 6. The maximum Gasteiger partial charge on any atom is 0.247 e. The summed E-state index contributed by atoms with van der Waals surface area (Å²) in [4.78, 5) is 21.4. The van der Waals surface area contributed by atoms with Crippen LogP contribution < -0.4 is 14.5 Å². The van der Waals surface area contributed by atoms with Gasteiger partial charge in [-0.1, -0.05) is 49.0 Å². The van der Waals surface area contributed by atoms with Gasteiger partial charge < -0.3 is 9.64 Å². The van der Waals surface area contributed by atoms with E-state index < -0.39 is 6.23 Å². The summed E-state index contributed by atoms with van der Waals surface area (Å²) in [6.45, 7) is 9.71. The maximum absolute atomic E-state index is 12.9. The van der Waals surface area contributed by atoms with Gasteiger partial charge in [0, 0.05) is 36.8 Å². The minimum absolute atomic E-state index is 0.126. The second-order valence-electron chi connectivity index (χ2n) is 7.32. The largest absolute Gasteiger partial charge is 0.447 e. The van der Waals surface area contributed by atoms with Crippen molar-refractivity contribution in [1.82, 2.24) is 15.2 Å². The molecule has 2 aromatic carbocycles. The van der Waals surface area contributed by atoms with E-state index in [0.29, 0.717) is 16.7 Å². The number of ether oxygens (including phenoxy) is 1. The first-order chi connectivity index (χ1) is 15.6. The van der Waals surface area contributed by atoms with E-state index in [4.69, 9.17) is 4.74 Å². The van der Waals surface area contributed by atoms with Crippen molar-refractivity contribution in [3.63, 3.8) is 0 Å². The van der Waals surface area contributed by atoms with Gasteiger partial charge in [0.1, 0.15) is 0 Å². The summed E-state index contributed by atoms with van der Waals surface area (Å²) < 4.78 is 6.40. The lowest BCUT2D eigenvalue weighted by molar-refractivity contribution is -0.118. The molecule has 1 unspecified atom stereocenters. The summed E-state index contributed by atoms with van der Waals surface area (Å²) in [5.74, 6) is 1.08. The topological polar surface area (TPSA) is 71.5 Å². The van der Waals surface area contributed by atoms with E-state index in [1.807, 2.05) is 43.3 Å². The summed E-state index contributed by atoms with van der Waals surface area (Å²) in [5, 5.41) is 9.22. The Morgan fingerprint density at radius 3 is 2.44 bits per heavy atom. The molecule has 0 spiro atoms. The van der Waals surface area contributed by atoms with Crippen LogP contribution in [0.3, 0.4) is 0 Å². The van der Waals surface area contributed by atoms with Crippen molar-refractivity contribution in [2.24, 2.45) is 0 Å². The molecule has 0 fully saturated rings. The van der Waals surface area contributed by atoms with E-state index in [9.17, 15) is 4.79 Å². The summed E-state index contributed by atoms with van der Waals surface area (Å²) in [5.41, 5.74) is 4.03. The number of carbonyl (C=O) groups excluding carboxylic acids is 1. The van der Waals surface area contributed by atoms with Gasteiger partial charge in [0.05, 0.1) is 5.69 Å². The summed E-state index contributed by atoms with van der Waals surface area (Å²) in [7, 11) is 0. The number of hydrogen-bond acceptors (Lipinski definition) is 7. The molecule has 0 radical (unpaired) electrons. The highest BCUT2D eigenvalue weighted by molar-refractivity contribution is 7.99. The molecule has 3 aromatic rings. The third-order valence-corrected chi connectivity index (χ3v) is 6.15. The predicted molar refractivity (Wildman–Crippen MR) is 128 cm³/mol. The molecular formula is C24H27N5O2S. The van der Waals surface area contributed by atoms with Crippen LogP contribution in [0.1, 0.15) is 39.5 Å². The van der Waals surface area contributed by atoms with Crippen LogP contribution in [0.2, 0.25) is 0 Å². The van der Waals surface area contributed by atoms with Gasteiger partial charge in [-0.25, -0.2) is 0 Å². The Hall–Kier alpha value is -3.13. The molecule has 1 atom stereocenters. The number of nitrogens with zero attached hydrogens (tertiary/aromatic N) is 5. The van der Waals surface area contributed by atoms with Gasteiger partial charge in [-0.2, -0.15) is 4.98 Å². The van der Waals surface area contributed by atoms with Gasteiger partial charge in [0.25, 0.3) is 0 Å². The molecule has 7 nitrogen and oxygen atoms in total. The zero-order valence-corrected chi connectivity index (χ0v) is 19.6. The van der Waals surface area contributed by atoms with E-state index in [0.717, 1.165) is 41.3 Å². The molecule has 1 aliphatic heterocycles. The highest BCUT2D eigenvalue weighted by Gasteiger charge is 2.34. The van der Waals surface area contributed by atoms with E-state index in [1.54, 1.807) is 11.8 Å². The van der Waals surface area contributed by atoms with Crippen LogP contribution in [0, 0.1) is 0 Å². The minimum Gasteiger partial charge on any atom is -0.447 e. The third kappa shape index (κ3) is 4.14. The van der Waals surface area contributed by atoms with E-state index >= 15 is 0 Å². The standard InChI is InChI=1S/C24H27N5O2S/c1-5-28(6-2)18-14-12-17(13-15-18)23-29(16(4)30)20-11-9-8-10-19(20)21-22(31-23)25-24(27-26-21)32-7-3/h8-15,23H,5-7H2,1-4H3. The van der Waals surface area contributed by atoms with Gasteiger partial charge in [0.2, 0.25) is 23.2 Å². The Morgan fingerprint density at radius 1 is 1.06 bits per heavy atom. The molecule has 32 heavy (non-hydrogen) atoms. The normalized spacial score (nSPS) is 14.8. The fourth-order valence-electron chi connectivity index (χ4n) is 3.90. The minimum atomic E-state index is -0.670. The van der Waals surface area contributed by atoms with Crippen LogP contribution in [0.4, 0.5) is 11.4 Å². The number of benzene rings is 2. The van der Waals surface area contributed by atoms with Crippen LogP contribution in [-0.2, 0) is 4.79 Å². The Balaban J connectivity index is 1.85. The lowest BCUT2D eigenvalue weighted by Crippen LogP contribution is -2.36. The second-order valence-corrected chi connectivity index (χ2v) is 8.55. The lowest BCUT2D eigenvalue weighted by atomic mass is 10.1. The molecule has 1 aromatic heterocycles. The molecule has 0 aliphatic carbocycles. The summed E-state index contributed by atoms with van der Waals surface area (Å²) in [6.07, 6.45) is -0.670. The van der Waals surface area contributed by atoms with Crippen LogP contribution in [-0.4, -0.2) is 39.9 Å². The van der Waals surface area contributed by atoms with Gasteiger partial charge in [0.15, 0.2) is 5.69 Å². The predicted octanol–water partition coefficient (Wildman–Crippen LogP) is 4.94. The monoisotopic (exact) mass is 449 g/mol. The Labute approximate surface area is 192 Å². The number of aromatic nitrogens is 3. The van der Waals surface area contributed by atoms with Gasteiger partial charge >= 0.3 is 0 Å². The maximum atomic E-state index is 12.9. The Morgan fingerprint density at radius 2 is 1.78 bits per heavy atom. The lowest BCUT2D eigenvalue weighted by Gasteiger charge is -2.30. The van der Waals surface area contributed by atoms with Gasteiger partial charge in [-0.3, -0.25) is 9.69 Å². The van der Waals surface area contributed by atoms with Crippen molar-refractivity contribution in [1.29, 1.82) is 0 Å². The number of hydrogen-bond donors (Lipinski definition) is 0. The van der Waals surface area contributed by atoms with Crippen molar-refractivity contribution >= 4 is 29.0 Å². The first-order valence-corrected chi connectivity index (χ1v) is 11.8. The molecule has 166 valence electrons. The van der Waals surface area contributed by atoms with Gasteiger partial charge in [-0.15, -0.1) is 10.2 Å². The SMILES string of the molecule is CCSc1nnc2c(n1)OC(c1ccc(N(CC)CC)cc1)N(C(C)=O)c1ccccc1-2. The molecule has 0 bridgehead atoms. The fourth-order valence-corrected chi connectivity index (χ4v) is 4.40. The van der Waals surface area contributed by atoms with Crippen molar-refractivity contribution in [3.8, 4) is 17.1 Å². The molecule has 0 saturated carbocycles. The first-order valence-electron chi connectivity index (χ1n) is 10.9. The Bertz CT molecular complexity index is 1100. The number of thioether (sulfide) groups is 1. The number of fused-ring (bicyclic) bond motifs is 3. The highest BCUT2D eigenvalue weighted by atomic mass is 32.2. The zero-order chi connectivity index (χ0) is 22.7. The van der Waals surface area contributed by atoms with Crippen LogP contribution in [0.25, 0.3) is 11.3 Å². The molecule has 0 saturated heterocycles. The zero-order valence-electron chi connectivity index (χ0n) is 18.8. The molecule has 4 rings (SSSR count). The number of carbonyl (C=O) groups is 1. The molecule has 0 N–H and O–H groups in total. The van der Waals surface area contributed by atoms with Crippen molar-refractivity contribution in [3.05, 3.63) is 54.1 Å². The summed E-state index contributed by atoms with van der Waals surface area (Å²) in [6, 6.07) is 15.8. The smallest absolute Gasteiger partial charge is 0.247 e. The number of anilines is 2. The number of amides is 1. The third-order valence-electron chi connectivity index (χ3n) is 5.43.